The van der Waals surface area contributed by atoms with E-state index < -0.39 is 5.91 Å². The number of hydrogen-bond donors (Lipinski definition) is 4. The van der Waals surface area contributed by atoms with Gasteiger partial charge in [-0.15, -0.1) is 0 Å². The van der Waals surface area contributed by atoms with Gasteiger partial charge in [-0.25, -0.2) is 0 Å². The third-order valence-corrected chi connectivity index (χ3v) is 7.25. The second-order valence-electron chi connectivity index (χ2n) is 9.80. The molecule has 5 aromatic rings. The maximum absolute atomic E-state index is 12.5. The Morgan fingerprint density at radius 3 is 2.49 bits per heavy atom. The number of nitrogens with zero attached hydrogens (tertiary/aromatic N) is 1. The number of anilines is 2. The summed E-state index contributed by atoms with van der Waals surface area (Å²) in [6.07, 6.45) is 5.36. The highest BCUT2D eigenvalue weighted by molar-refractivity contribution is 6.08. The zero-order chi connectivity index (χ0) is 28.8. The molecule has 2 heterocycles. The topological polar surface area (TPSA) is 114 Å². The number of benzene rings is 3. The number of aromatic amines is 1. The lowest BCUT2D eigenvalue weighted by molar-refractivity contribution is 0.100. The van der Waals surface area contributed by atoms with Crippen LogP contribution in [0.15, 0.2) is 67.0 Å². The first-order chi connectivity index (χ1) is 20.0. The van der Waals surface area contributed by atoms with Crippen LogP contribution in [0.2, 0.25) is 0 Å². The van der Waals surface area contributed by atoms with Gasteiger partial charge in [-0.2, -0.15) is 0 Å². The van der Waals surface area contributed by atoms with Crippen LogP contribution in [0.25, 0.3) is 21.8 Å². The van der Waals surface area contributed by atoms with Crippen molar-refractivity contribution in [2.24, 2.45) is 5.73 Å². The fourth-order valence-electron chi connectivity index (χ4n) is 5.31. The summed E-state index contributed by atoms with van der Waals surface area (Å²) < 4.78 is 11.7. The molecule has 2 aromatic heterocycles. The van der Waals surface area contributed by atoms with Crippen molar-refractivity contribution >= 4 is 39.1 Å². The van der Waals surface area contributed by atoms with Crippen LogP contribution in [0.3, 0.4) is 0 Å². The van der Waals surface area contributed by atoms with Crippen molar-refractivity contribution in [2.75, 3.05) is 25.1 Å². The molecule has 0 aliphatic rings. The molecular formula is C33H37N5O3. The molecule has 5 rings (SSSR count). The minimum atomic E-state index is -0.554. The van der Waals surface area contributed by atoms with Gasteiger partial charge in [-0.05, 0) is 68.1 Å². The monoisotopic (exact) mass is 551 g/mol. The molecule has 8 nitrogen and oxygen atoms in total. The van der Waals surface area contributed by atoms with E-state index in [9.17, 15) is 4.79 Å². The Bertz CT molecular complexity index is 1680. The third kappa shape index (κ3) is 5.98. The highest BCUT2D eigenvalue weighted by atomic mass is 16.5. The summed E-state index contributed by atoms with van der Waals surface area (Å²) in [7, 11) is 0. The smallest absolute Gasteiger partial charge is 0.252 e. The molecule has 212 valence electrons. The number of amides is 1. The van der Waals surface area contributed by atoms with Gasteiger partial charge in [0.25, 0.3) is 5.91 Å². The molecule has 0 aliphatic heterocycles. The predicted molar refractivity (Wildman–Crippen MR) is 165 cm³/mol. The van der Waals surface area contributed by atoms with Gasteiger partial charge in [0, 0.05) is 47.0 Å². The first-order valence-electron chi connectivity index (χ1n) is 14.2. The van der Waals surface area contributed by atoms with Crippen molar-refractivity contribution in [3.8, 4) is 11.5 Å². The Balaban J connectivity index is 1.42. The summed E-state index contributed by atoms with van der Waals surface area (Å²) in [5.74, 6) is 0.654. The molecule has 0 saturated heterocycles. The third-order valence-electron chi connectivity index (χ3n) is 7.25. The van der Waals surface area contributed by atoms with Crippen LogP contribution in [0.5, 0.6) is 11.5 Å². The van der Waals surface area contributed by atoms with Crippen molar-refractivity contribution in [3.05, 3.63) is 89.2 Å². The number of aromatic nitrogens is 2. The lowest BCUT2D eigenvalue weighted by Crippen LogP contribution is -2.18. The fraction of sp³-hybridized carbons (Fsp3) is 0.273. The highest BCUT2D eigenvalue weighted by Crippen LogP contribution is 2.38. The maximum atomic E-state index is 12.5. The first kappa shape index (κ1) is 28.0. The first-order valence-corrected chi connectivity index (χ1v) is 14.2. The van der Waals surface area contributed by atoms with Crippen LogP contribution in [0.1, 0.15) is 47.8 Å². The van der Waals surface area contributed by atoms with E-state index >= 15 is 0 Å². The van der Waals surface area contributed by atoms with Gasteiger partial charge < -0.3 is 30.8 Å². The molecule has 0 aliphatic carbocycles. The van der Waals surface area contributed by atoms with Gasteiger partial charge in [-0.1, -0.05) is 37.3 Å². The summed E-state index contributed by atoms with van der Waals surface area (Å²) in [6.45, 7) is 8.54. The number of fused-ring (bicyclic) bond motifs is 2. The SMILES string of the molecule is CCOc1cc2ncc(C(N)=O)c(Nc3cccc(CNCCc4c[nH]c5ccccc45)c3CC)c2cc1OCC. The van der Waals surface area contributed by atoms with Crippen molar-refractivity contribution in [1.82, 2.24) is 15.3 Å². The van der Waals surface area contributed by atoms with Gasteiger partial charge >= 0.3 is 0 Å². The lowest BCUT2D eigenvalue weighted by atomic mass is 10.0. The summed E-state index contributed by atoms with van der Waals surface area (Å²) in [5.41, 5.74) is 13.2. The van der Waals surface area contributed by atoms with E-state index in [4.69, 9.17) is 15.2 Å². The molecule has 0 unspecified atom stereocenters. The average Bonchev–Trinajstić information content (AvgIpc) is 3.39. The molecule has 41 heavy (non-hydrogen) atoms. The van der Waals surface area contributed by atoms with E-state index in [-0.39, 0.29) is 0 Å². The van der Waals surface area contributed by atoms with E-state index in [1.807, 2.05) is 44.2 Å². The number of pyridine rings is 1. The highest BCUT2D eigenvalue weighted by Gasteiger charge is 2.19. The minimum Gasteiger partial charge on any atom is -0.490 e. The molecule has 0 radical (unpaired) electrons. The van der Waals surface area contributed by atoms with Crippen LogP contribution < -0.4 is 25.8 Å². The number of hydrogen-bond acceptors (Lipinski definition) is 6. The number of rotatable bonds is 13. The van der Waals surface area contributed by atoms with E-state index in [1.165, 1.54) is 28.3 Å². The fourth-order valence-corrected chi connectivity index (χ4v) is 5.31. The Morgan fingerprint density at radius 1 is 0.951 bits per heavy atom. The molecule has 3 aromatic carbocycles. The summed E-state index contributed by atoms with van der Waals surface area (Å²) in [6, 6.07) is 18.3. The minimum absolute atomic E-state index is 0.313. The summed E-state index contributed by atoms with van der Waals surface area (Å²) >= 11 is 0. The molecular weight excluding hydrogens is 514 g/mol. The van der Waals surface area contributed by atoms with Crippen LogP contribution >= 0.6 is 0 Å². The standard InChI is InChI=1S/C33H37N5O3/c1-4-23-21(18-35-15-14-22-19-36-27-12-8-7-11-24(22)27)10-9-13-28(23)38-32-25-16-30(40-5-2)31(41-6-3)17-29(25)37-20-26(32)33(34)39/h7-13,16-17,19-20,35-36H,4-6,14-15,18H2,1-3H3,(H2,34,39)(H,37,38). The lowest BCUT2D eigenvalue weighted by Gasteiger charge is -2.19. The van der Waals surface area contributed by atoms with E-state index in [0.717, 1.165) is 42.5 Å². The van der Waals surface area contributed by atoms with E-state index in [2.05, 4.69) is 58.0 Å². The normalized spacial score (nSPS) is 11.2. The molecule has 5 N–H and O–H groups in total. The number of nitrogens with two attached hydrogens (primary N) is 1. The number of para-hydroxylation sites is 1. The van der Waals surface area contributed by atoms with Crippen molar-refractivity contribution < 1.29 is 14.3 Å². The molecule has 0 spiro atoms. The van der Waals surface area contributed by atoms with Crippen molar-refractivity contribution in [1.29, 1.82) is 0 Å². The Kier molecular flexibility index (Phi) is 8.70. The summed E-state index contributed by atoms with van der Waals surface area (Å²) in [4.78, 5) is 20.3. The second kappa shape index (κ2) is 12.7. The Hall–Kier alpha value is -4.56. The zero-order valence-electron chi connectivity index (χ0n) is 23.8. The summed E-state index contributed by atoms with van der Waals surface area (Å²) in [5, 5.41) is 9.16. The van der Waals surface area contributed by atoms with Crippen LogP contribution in [-0.4, -0.2) is 35.6 Å². The van der Waals surface area contributed by atoms with Gasteiger partial charge in [0.05, 0.1) is 30.0 Å². The zero-order valence-corrected chi connectivity index (χ0v) is 23.8. The second-order valence-corrected chi connectivity index (χ2v) is 9.80. The molecule has 8 heteroatoms. The van der Waals surface area contributed by atoms with Crippen LogP contribution in [-0.2, 0) is 19.4 Å². The van der Waals surface area contributed by atoms with Gasteiger partial charge in [0.2, 0.25) is 0 Å². The number of nitrogens with one attached hydrogen (secondary N) is 3. The van der Waals surface area contributed by atoms with Crippen molar-refractivity contribution in [2.45, 2.75) is 40.2 Å². The van der Waals surface area contributed by atoms with Crippen LogP contribution in [0.4, 0.5) is 11.4 Å². The quantitative estimate of drug-likeness (QED) is 0.129. The largest absolute Gasteiger partial charge is 0.490 e. The number of ether oxygens (including phenoxy) is 2. The molecule has 0 saturated carbocycles. The van der Waals surface area contributed by atoms with E-state index in [0.29, 0.717) is 41.5 Å². The number of carbonyl (C=O) groups is 1. The van der Waals surface area contributed by atoms with E-state index in [1.54, 1.807) is 0 Å². The van der Waals surface area contributed by atoms with Gasteiger partial charge in [-0.3, -0.25) is 9.78 Å². The molecule has 0 fully saturated rings. The number of carbonyl (C=O) groups excluding carboxylic acids is 1. The molecule has 0 atom stereocenters. The Morgan fingerprint density at radius 2 is 1.73 bits per heavy atom. The van der Waals surface area contributed by atoms with Gasteiger partial charge in [0.15, 0.2) is 11.5 Å². The number of primary amides is 1. The van der Waals surface area contributed by atoms with Crippen LogP contribution in [0, 0.1) is 0 Å². The molecule has 0 bridgehead atoms. The Labute approximate surface area is 240 Å². The number of H-pyrrole nitrogens is 1. The predicted octanol–water partition coefficient (Wildman–Crippen LogP) is 6.25. The average molecular weight is 552 g/mol. The van der Waals surface area contributed by atoms with Crippen molar-refractivity contribution in [3.63, 3.8) is 0 Å². The molecule has 1 amide bonds. The van der Waals surface area contributed by atoms with Gasteiger partial charge in [0.1, 0.15) is 0 Å². The maximum Gasteiger partial charge on any atom is 0.252 e.